The minimum absolute atomic E-state index is 0. The van der Waals surface area contributed by atoms with Crippen LogP contribution in [0.2, 0.25) is 0 Å². The molecule has 0 bridgehead atoms. The summed E-state index contributed by atoms with van der Waals surface area (Å²) in [5.74, 6) is -3.62. The van der Waals surface area contributed by atoms with Gasteiger partial charge < -0.3 is 24.8 Å². The van der Waals surface area contributed by atoms with E-state index in [4.69, 9.17) is 0 Å². The summed E-state index contributed by atoms with van der Waals surface area (Å²) >= 11 is 0.528. The van der Waals surface area contributed by atoms with Gasteiger partial charge in [-0.05, 0) is 0 Å². The fourth-order valence-electron chi connectivity index (χ4n) is 0.607. The number of rotatable bonds is 1. The Balaban J connectivity index is 0. The maximum Gasteiger partial charge on any atom is -1.00 e. The topological polar surface area (TPSA) is 9.23 Å². The second-order valence-corrected chi connectivity index (χ2v) is 2.30. The van der Waals surface area contributed by atoms with E-state index in [0.29, 0.717) is 31.2 Å². The largest absolute Gasteiger partial charge is 1.00 e. The Labute approximate surface area is 101 Å². The fourth-order valence-corrected chi connectivity index (χ4v) is 0.972. The third-order valence-electron chi connectivity index (χ3n) is 1.07. The first-order valence-electron chi connectivity index (χ1n) is 2.63. The van der Waals surface area contributed by atoms with E-state index >= 15 is 0 Å². The zero-order valence-electron chi connectivity index (χ0n) is 5.95. The van der Waals surface area contributed by atoms with Crippen LogP contribution in [0.3, 0.4) is 0 Å². The van der Waals surface area contributed by atoms with E-state index in [1.165, 1.54) is 0 Å². The van der Waals surface area contributed by atoms with Gasteiger partial charge in [0.25, 0.3) is 0 Å². The van der Waals surface area contributed by atoms with Crippen molar-refractivity contribution >= 4 is 0 Å². The minimum atomic E-state index is -1.23. The van der Waals surface area contributed by atoms with Gasteiger partial charge in [-0.3, -0.25) is 0 Å². The summed E-state index contributed by atoms with van der Waals surface area (Å²) in [4.78, 5) is 0. The van der Waals surface area contributed by atoms with Crippen LogP contribution in [-0.2, 0) is 25.2 Å². The van der Waals surface area contributed by atoms with E-state index in [2.05, 4.69) is 2.81 Å². The maximum absolute atomic E-state index is 12.5. The molecule has 0 amide bonds. The summed E-state index contributed by atoms with van der Waals surface area (Å²) in [7, 11) is 0. The Morgan fingerprint density at radius 2 is 1.62 bits per heavy atom. The Morgan fingerprint density at radius 3 is 2.08 bits per heavy atom. The van der Waals surface area contributed by atoms with Crippen molar-refractivity contribution in [2.45, 2.75) is 0 Å². The van der Waals surface area contributed by atoms with Crippen LogP contribution in [-0.4, -0.2) is 0 Å². The van der Waals surface area contributed by atoms with Crippen LogP contribution in [0.15, 0.2) is 12.1 Å². The molecule has 0 spiro atoms. The van der Waals surface area contributed by atoms with Crippen LogP contribution in [0.4, 0.5) is 13.2 Å². The SMILES string of the molecule is Fc1cc(F)c(F)c([O][Zr+2])c1.[Cl-].[Cl-]. The van der Waals surface area contributed by atoms with Crippen molar-refractivity contribution in [3.05, 3.63) is 29.6 Å². The molecule has 0 aliphatic carbocycles. The number of benzene rings is 1. The van der Waals surface area contributed by atoms with Gasteiger partial charge in [0.2, 0.25) is 0 Å². The zero-order valence-corrected chi connectivity index (χ0v) is 9.92. The molecule has 0 heterocycles. The van der Waals surface area contributed by atoms with Crippen molar-refractivity contribution in [3.8, 4) is 5.75 Å². The first-order valence-corrected chi connectivity index (χ1v) is 3.63. The van der Waals surface area contributed by atoms with Crippen LogP contribution in [0, 0.1) is 17.5 Å². The minimum Gasteiger partial charge on any atom is -1.00 e. The van der Waals surface area contributed by atoms with Crippen molar-refractivity contribution in [1.29, 1.82) is 0 Å². The Morgan fingerprint density at radius 1 is 1.08 bits per heavy atom. The zero-order chi connectivity index (χ0) is 8.43. The van der Waals surface area contributed by atoms with Gasteiger partial charge in [-0.15, -0.1) is 0 Å². The van der Waals surface area contributed by atoms with Gasteiger partial charge in [-0.1, -0.05) is 0 Å². The molecule has 0 saturated heterocycles. The van der Waals surface area contributed by atoms with Gasteiger partial charge in [-0.2, -0.15) is 0 Å². The van der Waals surface area contributed by atoms with Gasteiger partial charge in [0.1, 0.15) is 0 Å². The van der Waals surface area contributed by atoms with E-state index in [0.717, 1.165) is 6.07 Å². The molecule has 0 unspecified atom stereocenters. The summed E-state index contributed by atoms with van der Waals surface area (Å²) in [6.45, 7) is 0. The van der Waals surface area contributed by atoms with Crippen LogP contribution >= 0.6 is 0 Å². The van der Waals surface area contributed by atoms with E-state index in [-0.39, 0.29) is 30.6 Å². The summed E-state index contributed by atoms with van der Waals surface area (Å²) in [5, 5.41) is 0. The molecule has 0 atom stereocenters. The van der Waals surface area contributed by atoms with Gasteiger partial charge in [0, 0.05) is 0 Å². The van der Waals surface area contributed by atoms with Crippen molar-refractivity contribution in [2.75, 3.05) is 0 Å². The summed E-state index contributed by atoms with van der Waals surface area (Å²) in [5.41, 5.74) is 0. The molecule has 0 aromatic heterocycles. The predicted octanol–water partition coefficient (Wildman–Crippen LogP) is -4.05. The number of halogens is 5. The molecule has 0 N–H and O–H groups in total. The first kappa shape index (κ1) is 15.7. The first-order chi connectivity index (χ1) is 5.15. The van der Waals surface area contributed by atoms with Crippen LogP contribution < -0.4 is 27.6 Å². The van der Waals surface area contributed by atoms with Gasteiger partial charge in [0.15, 0.2) is 0 Å². The third kappa shape index (κ3) is 3.88. The third-order valence-corrected chi connectivity index (χ3v) is 1.61. The van der Waals surface area contributed by atoms with Crippen LogP contribution in [0.5, 0.6) is 5.75 Å². The molecule has 0 radical (unpaired) electrons. The van der Waals surface area contributed by atoms with Gasteiger partial charge >= 0.3 is 76.5 Å². The van der Waals surface area contributed by atoms with E-state index in [1.807, 2.05) is 0 Å². The molecule has 1 aromatic carbocycles. The van der Waals surface area contributed by atoms with Crippen LogP contribution in [0.25, 0.3) is 0 Å². The second kappa shape index (κ2) is 6.69. The molecule has 1 aromatic rings. The summed E-state index contributed by atoms with van der Waals surface area (Å²) in [6.07, 6.45) is 0. The van der Waals surface area contributed by atoms with Crippen LogP contribution in [0.1, 0.15) is 0 Å². The quantitative estimate of drug-likeness (QED) is 0.480. The van der Waals surface area contributed by atoms with Crippen molar-refractivity contribution in [3.63, 3.8) is 0 Å². The predicted molar refractivity (Wildman–Crippen MR) is 26.9 cm³/mol. The summed E-state index contributed by atoms with van der Waals surface area (Å²) < 4.78 is 41.6. The Kier molecular flexibility index (Phi) is 8.09. The molecule has 71 valence electrons. The molecule has 0 aliphatic rings. The Bertz CT molecular complexity index is 285. The van der Waals surface area contributed by atoms with Gasteiger partial charge in [0.05, 0.1) is 0 Å². The van der Waals surface area contributed by atoms with Crippen molar-refractivity contribution in [2.24, 2.45) is 0 Å². The van der Waals surface area contributed by atoms with Gasteiger partial charge in [-0.25, -0.2) is 0 Å². The molecule has 7 heteroatoms. The van der Waals surface area contributed by atoms with Crippen molar-refractivity contribution < 1.29 is 66.0 Å². The standard InChI is InChI=1S/C6H3F3O.2ClH.Zr/c7-3-1-4(8)6(9)5(10)2-3;;;/h1-2,10H;2*1H;/q;;;+3/p-3. The molecule has 0 aliphatic heterocycles. The molecule has 1 nitrogen and oxygen atoms in total. The second-order valence-electron chi connectivity index (χ2n) is 1.80. The molecule has 1 rings (SSSR count). The number of hydrogen-bond donors (Lipinski definition) is 0. The normalized spacial score (nSPS) is 8.38. The average molecular weight is 309 g/mol. The monoisotopic (exact) mass is 307 g/mol. The molecule has 0 saturated carbocycles. The van der Waals surface area contributed by atoms with E-state index in [1.54, 1.807) is 0 Å². The molecule has 0 fully saturated rings. The molecular formula is C6H2Cl2F3OZr. The fraction of sp³-hybridized carbons (Fsp3) is 0. The Hall–Kier alpha value is 0.273. The summed E-state index contributed by atoms with van der Waals surface area (Å²) in [6, 6.07) is 1.26. The van der Waals surface area contributed by atoms with E-state index < -0.39 is 17.5 Å². The van der Waals surface area contributed by atoms with Crippen molar-refractivity contribution in [1.82, 2.24) is 0 Å². The van der Waals surface area contributed by atoms with E-state index in [9.17, 15) is 13.2 Å². The smallest absolute Gasteiger partial charge is 1.00 e. The molecule has 13 heavy (non-hydrogen) atoms. The number of hydrogen-bond acceptors (Lipinski definition) is 1. The average Bonchev–Trinajstić information content (AvgIpc) is 1.96. The maximum atomic E-state index is 12.5. The molecular weight excluding hydrogens is 307 g/mol.